The summed E-state index contributed by atoms with van der Waals surface area (Å²) in [7, 11) is 3.24. The fourth-order valence-corrected chi connectivity index (χ4v) is 7.98. The van der Waals surface area contributed by atoms with E-state index >= 15 is 0 Å². The molecule has 4 heterocycles. The topological polar surface area (TPSA) is 126 Å². The van der Waals surface area contributed by atoms with Gasteiger partial charge in [0.25, 0.3) is 5.91 Å². The molecule has 0 radical (unpaired) electrons. The molecule has 2 fully saturated rings. The normalized spacial score (nSPS) is 31.9. The zero-order valence-electron chi connectivity index (χ0n) is 26.5. The Morgan fingerprint density at radius 1 is 1.00 bits per heavy atom. The summed E-state index contributed by atoms with van der Waals surface area (Å²) in [6, 6.07) is 14.4. The number of allylic oxidation sites excluding steroid dienone is 1. The molecule has 0 aliphatic carbocycles. The van der Waals surface area contributed by atoms with Gasteiger partial charge in [-0.3, -0.25) is 19.2 Å². The van der Waals surface area contributed by atoms with Crippen LogP contribution in [0.15, 0.2) is 77.3 Å². The molecule has 47 heavy (non-hydrogen) atoms. The van der Waals surface area contributed by atoms with Crippen molar-refractivity contribution in [3.63, 3.8) is 0 Å². The molecule has 12 heteroatoms. The number of β-amino-alcohol motifs (C(OH)–C–C–N with tert-alkyl or cyclic N) is 1. The standard InChI is InChI=1S/C35H38BrN3O8/c1-21-29(22-10-6-4-7-11-22)46-34(44)27-28-32(42)39(18-19-40)31(35(28)20-25(36)30(27)47-35)33(43)38(23-13-15-24(45-3)16-14-23)17-9-5-8-12-26(41)37(21)2/h4-7,9-11,13-16,20-21,27-31,40H,8,12,17-19H2,1-3H3/b9-5-/t21-,27+,28-,29+,30+,31+,35-/m0/s1. The van der Waals surface area contributed by atoms with E-state index in [2.05, 4.69) is 15.9 Å². The number of fused-ring (bicyclic) bond motifs is 2. The van der Waals surface area contributed by atoms with Crippen LogP contribution in [0.4, 0.5) is 5.69 Å². The van der Waals surface area contributed by atoms with Crippen molar-refractivity contribution in [3.8, 4) is 5.75 Å². The molecule has 0 aromatic heterocycles. The van der Waals surface area contributed by atoms with Crippen molar-refractivity contribution in [1.82, 2.24) is 9.80 Å². The molecule has 3 amide bonds. The highest BCUT2D eigenvalue weighted by Gasteiger charge is 2.75. The van der Waals surface area contributed by atoms with Crippen molar-refractivity contribution in [1.29, 1.82) is 0 Å². The number of likely N-dealkylation sites (tertiary alicyclic amines) is 1. The molecule has 2 aromatic rings. The number of carbonyl (C=O) groups is 4. The SMILES string of the molecule is COc1ccc(N2C/C=C\CCC(=O)N(C)[C@@H](C)[C@H](c3ccccc3)OC(=O)[C@H]3[C@@H]4O[C@@]5(C=C4Br)[C@@H]3C(=O)N(CCO)[C@@H]5C2=O)cc1. The molecule has 7 atom stereocenters. The van der Waals surface area contributed by atoms with Gasteiger partial charge in [-0.05, 0) is 49.2 Å². The minimum absolute atomic E-state index is 0.127. The van der Waals surface area contributed by atoms with Gasteiger partial charge in [0.2, 0.25) is 11.8 Å². The van der Waals surface area contributed by atoms with Gasteiger partial charge in [-0.25, -0.2) is 0 Å². The van der Waals surface area contributed by atoms with Crippen molar-refractivity contribution >= 4 is 45.3 Å². The number of benzene rings is 2. The Kier molecular flexibility index (Phi) is 9.28. The van der Waals surface area contributed by atoms with Crippen LogP contribution in [0.5, 0.6) is 5.75 Å². The van der Waals surface area contributed by atoms with E-state index in [4.69, 9.17) is 14.2 Å². The lowest BCUT2D eigenvalue weighted by Gasteiger charge is -2.35. The summed E-state index contributed by atoms with van der Waals surface area (Å²) in [6.07, 6.45) is 4.33. The highest BCUT2D eigenvalue weighted by Crippen LogP contribution is 2.59. The molecule has 0 saturated carbocycles. The third-order valence-corrected chi connectivity index (χ3v) is 10.4. The first-order valence-corrected chi connectivity index (χ1v) is 16.5. The number of hydrogen-bond acceptors (Lipinski definition) is 8. The predicted octanol–water partition coefficient (Wildman–Crippen LogP) is 3.38. The fraction of sp³-hybridized carbons (Fsp3) is 0.429. The van der Waals surface area contributed by atoms with Crippen molar-refractivity contribution in [2.45, 2.75) is 49.7 Å². The van der Waals surface area contributed by atoms with Crippen LogP contribution in [-0.2, 0) is 28.7 Å². The highest BCUT2D eigenvalue weighted by atomic mass is 79.9. The van der Waals surface area contributed by atoms with Gasteiger partial charge < -0.3 is 34.0 Å². The van der Waals surface area contributed by atoms with E-state index in [0.717, 1.165) is 0 Å². The maximum Gasteiger partial charge on any atom is 0.313 e. The van der Waals surface area contributed by atoms with Gasteiger partial charge in [0, 0.05) is 36.7 Å². The fourth-order valence-electron chi connectivity index (χ4n) is 7.25. The number of cyclic esters (lactones) is 1. The van der Waals surface area contributed by atoms with Crippen LogP contribution >= 0.6 is 15.9 Å². The van der Waals surface area contributed by atoms with E-state index in [0.29, 0.717) is 27.9 Å². The van der Waals surface area contributed by atoms with Gasteiger partial charge in [-0.1, -0.05) is 58.4 Å². The van der Waals surface area contributed by atoms with E-state index in [9.17, 15) is 24.3 Å². The molecular formula is C35H38BrN3O8. The second-order valence-electron chi connectivity index (χ2n) is 12.3. The number of likely N-dealkylation sites (N-methyl/N-ethyl adjacent to an activating group) is 1. The zero-order valence-corrected chi connectivity index (χ0v) is 28.0. The van der Waals surface area contributed by atoms with Crippen LogP contribution in [0.2, 0.25) is 0 Å². The lowest BCUT2D eigenvalue weighted by molar-refractivity contribution is -0.164. The van der Waals surface area contributed by atoms with Crippen LogP contribution in [-0.4, -0.2) is 96.2 Å². The van der Waals surface area contributed by atoms with Crippen LogP contribution in [0.25, 0.3) is 0 Å². The average Bonchev–Trinajstić information content (AvgIpc) is 3.67. The summed E-state index contributed by atoms with van der Waals surface area (Å²) in [5.74, 6) is -3.25. The van der Waals surface area contributed by atoms with E-state index in [-0.39, 0.29) is 25.4 Å². The maximum absolute atomic E-state index is 14.8. The molecule has 4 aliphatic rings. The van der Waals surface area contributed by atoms with Gasteiger partial charge >= 0.3 is 5.97 Å². The number of hydrogen-bond donors (Lipinski definition) is 1. The van der Waals surface area contributed by atoms with Crippen LogP contribution < -0.4 is 9.64 Å². The average molecular weight is 709 g/mol. The van der Waals surface area contributed by atoms with E-state index in [1.165, 1.54) is 4.90 Å². The Bertz CT molecular complexity index is 1600. The minimum atomic E-state index is -1.49. The van der Waals surface area contributed by atoms with Gasteiger partial charge in [0.05, 0.1) is 25.7 Å². The van der Waals surface area contributed by atoms with Crippen molar-refractivity contribution in [2.24, 2.45) is 11.8 Å². The first-order chi connectivity index (χ1) is 22.6. The smallest absolute Gasteiger partial charge is 0.313 e. The van der Waals surface area contributed by atoms with Gasteiger partial charge in [0.15, 0.2) is 0 Å². The predicted molar refractivity (Wildman–Crippen MR) is 175 cm³/mol. The van der Waals surface area contributed by atoms with Crippen molar-refractivity contribution < 1.29 is 38.5 Å². The third kappa shape index (κ3) is 5.66. The molecule has 4 aliphatic heterocycles. The quantitative estimate of drug-likeness (QED) is 0.371. The number of anilines is 1. The summed E-state index contributed by atoms with van der Waals surface area (Å²) < 4.78 is 18.7. The molecule has 6 rings (SSSR count). The zero-order chi connectivity index (χ0) is 33.5. The molecule has 5 bridgehead atoms. The molecule has 0 unspecified atom stereocenters. The van der Waals surface area contributed by atoms with Crippen molar-refractivity contribution in [2.75, 3.05) is 38.8 Å². The first-order valence-electron chi connectivity index (χ1n) is 15.7. The first kappa shape index (κ1) is 32.9. The molecule has 2 aromatic carbocycles. The van der Waals surface area contributed by atoms with Crippen LogP contribution in [0.1, 0.15) is 31.4 Å². The highest BCUT2D eigenvalue weighted by molar-refractivity contribution is 9.11. The Morgan fingerprint density at radius 3 is 2.40 bits per heavy atom. The lowest BCUT2D eigenvalue weighted by Crippen LogP contribution is -2.56. The molecule has 1 N–H and O–H groups in total. The number of ether oxygens (including phenoxy) is 3. The second kappa shape index (κ2) is 13.2. The monoisotopic (exact) mass is 707 g/mol. The number of aliphatic hydroxyl groups excluding tert-OH is 1. The molecule has 1 spiro atoms. The summed E-state index contributed by atoms with van der Waals surface area (Å²) in [4.78, 5) is 61.1. The Hall–Kier alpha value is -4.00. The van der Waals surface area contributed by atoms with Crippen LogP contribution in [0, 0.1) is 11.8 Å². The lowest BCUT2D eigenvalue weighted by atomic mass is 9.74. The van der Waals surface area contributed by atoms with Gasteiger partial charge in [-0.2, -0.15) is 0 Å². The number of methoxy groups -OCH3 is 1. The molecular weight excluding hydrogens is 670 g/mol. The Morgan fingerprint density at radius 2 is 1.72 bits per heavy atom. The summed E-state index contributed by atoms with van der Waals surface area (Å²) in [5, 5.41) is 10.0. The number of rotatable bonds is 5. The third-order valence-electron chi connectivity index (χ3n) is 9.72. The molecule has 11 nitrogen and oxygen atoms in total. The van der Waals surface area contributed by atoms with Gasteiger partial charge in [0.1, 0.15) is 35.5 Å². The van der Waals surface area contributed by atoms with Crippen molar-refractivity contribution in [3.05, 3.63) is 82.9 Å². The number of carbonyl (C=O) groups excluding carboxylic acids is 4. The minimum Gasteiger partial charge on any atom is -0.497 e. The van der Waals surface area contributed by atoms with E-state index in [1.807, 2.05) is 49.4 Å². The number of amides is 3. The summed E-state index contributed by atoms with van der Waals surface area (Å²) >= 11 is 3.57. The van der Waals surface area contributed by atoms with E-state index in [1.54, 1.807) is 54.3 Å². The number of nitrogens with zero attached hydrogens (tertiary/aromatic N) is 3. The Balaban J connectivity index is 1.47. The summed E-state index contributed by atoms with van der Waals surface area (Å²) in [6.45, 7) is 1.45. The number of esters is 1. The molecule has 2 saturated heterocycles. The largest absolute Gasteiger partial charge is 0.497 e. The van der Waals surface area contributed by atoms with E-state index < -0.39 is 66.1 Å². The van der Waals surface area contributed by atoms with Gasteiger partial charge in [-0.15, -0.1) is 0 Å². The number of aliphatic hydroxyl groups is 1. The van der Waals surface area contributed by atoms with Crippen LogP contribution in [0.3, 0.4) is 0 Å². The summed E-state index contributed by atoms with van der Waals surface area (Å²) in [5.41, 5.74) is -0.238. The Labute approximate surface area is 281 Å². The maximum atomic E-state index is 14.8. The molecule has 248 valence electrons. The second-order valence-corrected chi connectivity index (χ2v) is 13.2. The number of halogens is 1.